The van der Waals surface area contributed by atoms with Crippen LogP contribution in [0.25, 0.3) is 5.65 Å². The van der Waals surface area contributed by atoms with Gasteiger partial charge in [-0.3, -0.25) is 0 Å². The number of halogens is 1. The van der Waals surface area contributed by atoms with E-state index in [9.17, 15) is 12.8 Å². The Bertz CT molecular complexity index is 966. The molecular formula is C15H14FN3O2S2. The molecule has 2 aromatic heterocycles. The van der Waals surface area contributed by atoms with E-state index in [0.29, 0.717) is 16.5 Å². The third kappa shape index (κ3) is 2.84. The highest BCUT2D eigenvalue weighted by molar-refractivity contribution is 8.00. The number of thioether (sulfide) groups is 1. The molecule has 0 aliphatic carbocycles. The Kier molecular flexibility index (Phi) is 4.11. The molecule has 1 aromatic carbocycles. The van der Waals surface area contributed by atoms with Crippen molar-refractivity contribution in [3.05, 3.63) is 48.0 Å². The monoisotopic (exact) mass is 351 g/mol. The van der Waals surface area contributed by atoms with Crippen LogP contribution in [0, 0.1) is 12.7 Å². The van der Waals surface area contributed by atoms with Crippen LogP contribution in [0.1, 0.15) is 12.6 Å². The maximum absolute atomic E-state index is 13.1. The summed E-state index contributed by atoms with van der Waals surface area (Å²) in [7, 11) is -3.84. The summed E-state index contributed by atoms with van der Waals surface area (Å²) in [5.74, 6) is 0.190. The molecule has 0 fully saturated rings. The second-order valence-electron chi connectivity index (χ2n) is 4.86. The summed E-state index contributed by atoms with van der Waals surface area (Å²) in [5.41, 5.74) is 0.978. The van der Waals surface area contributed by atoms with Crippen LogP contribution in [0.15, 0.2) is 51.3 Å². The van der Waals surface area contributed by atoms with Gasteiger partial charge in [0, 0.05) is 11.9 Å². The fraction of sp³-hybridized carbons (Fsp3) is 0.200. The van der Waals surface area contributed by atoms with Gasteiger partial charge in [-0.1, -0.05) is 6.92 Å². The molecule has 0 aliphatic heterocycles. The Hall–Kier alpha value is -1.93. The molecular weight excluding hydrogens is 337 g/mol. The van der Waals surface area contributed by atoms with Crippen molar-refractivity contribution in [2.75, 3.05) is 5.75 Å². The first kappa shape index (κ1) is 15.9. The average molecular weight is 351 g/mol. The molecule has 23 heavy (non-hydrogen) atoms. The number of hydrogen-bond acceptors (Lipinski definition) is 5. The first-order chi connectivity index (χ1) is 10.9. The van der Waals surface area contributed by atoms with Crippen molar-refractivity contribution < 1.29 is 12.8 Å². The average Bonchev–Trinajstić information content (AvgIpc) is 2.86. The molecule has 0 saturated carbocycles. The number of aromatic nitrogens is 3. The molecule has 3 aromatic rings. The van der Waals surface area contributed by atoms with Crippen molar-refractivity contribution in [2.45, 2.75) is 28.7 Å². The second-order valence-corrected chi connectivity index (χ2v) is 8.00. The van der Waals surface area contributed by atoms with Crippen LogP contribution in [-0.2, 0) is 9.84 Å². The Labute approximate surface area is 137 Å². The minimum absolute atomic E-state index is 0.0232. The first-order valence-electron chi connectivity index (χ1n) is 6.93. The van der Waals surface area contributed by atoms with Crippen molar-refractivity contribution in [3.8, 4) is 0 Å². The van der Waals surface area contributed by atoms with Gasteiger partial charge >= 0.3 is 0 Å². The van der Waals surface area contributed by atoms with Crippen LogP contribution < -0.4 is 0 Å². The lowest BCUT2D eigenvalue weighted by atomic mass is 10.4. The number of benzene rings is 1. The van der Waals surface area contributed by atoms with Crippen molar-refractivity contribution in [1.82, 2.24) is 14.6 Å². The minimum atomic E-state index is -3.84. The molecule has 5 nitrogen and oxygen atoms in total. The zero-order valence-corrected chi connectivity index (χ0v) is 14.2. The van der Waals surface area contributed by atoms with Crippen LogP contribution in [0.5, 0.6) is 0 Å². The quantitative estimate of drug-likeness (QED) is 0.534. The van der Waals surface area contributed by atoms with Crippen LogP contribution in [0.4, 0.5) is 4.39 Å². The molecule has 0 unspecified atom stereocenters. The largest absolute Gasteiger partial charge is 0.233 e. The van der Waals surface area contributed by atoms with Crippen molar-refractivity contribution in [3.63, 3.8) is 0 Å². The highest BCUT2D eigenvalue weighted by atomic mass is 32.2. The Morgan fingerprint density at radius 3 is 2.57 bits per heavy atom. The minimum Gasteiger partial charge on any atom is -0.233 e. The molecule has 120 valence electrons. The molecule has 8 heteroatoms. The number of aryl methyl sites for hydroxylation is 1. The summed E-state index contributed by atoms with van der Waals surface area (Å²) < 4.78 is 40.6. The van der Waals surface area contributed by atoms with E-state index in [4.69, 9.17) is 0 Å². The molecule has 0 N–H and O–H groups in total. The van der Waals surface area contributed by atoms with E-state index in [1.54, 1.807) is 19.2 Å². The van der Waals surface area contributed by atoms with Gasteiger partial charge in [-0.15, -0.1) is 11.8 Å². The highest BCUT2D eigenvalue weighted by Crippen LogP contribution is 2.33. The maximum atomic E-state index is 13.1. The number of fused-ring (bicyclic) bond motifs is 1. The molecule has 0 spiro atoms. The molecule has 0 atom stereocenters. The zero-order chi connectivity index (χ0) is 16.6. The Morgan fingerprint density at radius 2 is 1.91 bits per heavy atom. The van der Waals surface area contributed by atoms with Crippen LogP contribution >= 0.6 is 11.8 Å². The van der Waals surface area contributed by atoms with Crippen LogP contribution in [-0.4, -0.2) is 28.8 Å². The van der Waals surface area contributed by atoms with E-state index in [0.717, 1.165) is 12.1 Å². The Morgan fingerprint density at radius 1 is 1.22 bits per heavy atom. The summed E-state index contributed by atoms with van der Waals surface area (Å²) in [6.07, 6.45) is 1.68. The number of hydrogen-bond donors (Lipinski definition) is 0. The predicted octanol–water partition coefficient (Wildman–Crippen LogP) is 3.12. The van der Waals surface area contributed by atoms with Gasteiger partial charge in [-0.2, -0.15) is 5.10 Å². The molecule has 0 radical (unpaired) electrons. The maximum Gasteiger partial charge on any atom is 0.213 e. The van der Waals surface area contributed by atoms with E-state index >= 15 is 0 Å². The second kappa shape index (κ2) is 5.93. The third-order valence-corrected chi connectivity index (χ3v) is 6.01. The van der Waals surface area contributed by atoms with E-state index in [-0.39, 0.29) is 15.4 Å². The van der Waals surface area contributed by atoms with E-state index < -0.39 is 15.7 Å². The molecule has 0 bridgehead atoms. The standard InChI is InChI=1S/C15H14FN3O2S2/c1-3-22-15-13(14-17-10(2)8-9-19(14)18-15)23(20,21)12-6-4-11(16)5-7-12/h4-9H,3H2,1-2H3. The van der Waals surface area contributed by atoms with Gasteiger partial charge in [0.15, 0.2) is 10.5 Å². The third-order valence-electron chi connectivity index (χ3n) is 3.23. The van der Waals surface area contributed by atoms with Crippen molar-refractivity contribution in [1.29, 1.82) is 0 Å². The van der Waals surface area contributed by atoms with Gasteiger partial charge < -0.3 is 0 Å². The summed E-state index contributed by atoms with van der Waals surface area (Å²) in [5, 5.41) is 4.71. The first-order valence-corrected chi connectivity index (χ1v) is 9.40. The fourth-order valence-electron chi connectivity index (χ4n) is 2.18. The molecule has 0 saturated heterocycles. The smallest absolute Gasteiger partial charge is 0.213 e. The van der Waals surface area contributed by atoms with Crippen LogP contribution in [0.2, 0.25) is 0 Å². The fourth-order valence-corrected chi connectivity index (χ4v) is 4.70. The van der Waals surface area contributed by atoms with Gasteiger partial charge in [-0.25, -0.2) is 22.3 Å². The lowest BCUT2D eigenvalue weighted by Gasteiger charge is -2.05. The summed E-state index contributed by atoms with van der Waals surface area (Å²) in [6.45, 7) is 3.70. The number of rotatable bonds is 4. The lowest BCUT2D eigenvalue weighted by molar-refractivity contribution is 0.593. The van der Waals surface area contributed by atoms with Gasteiger partial charge in [0.2, 0.25) is 9.84 Å². The highest BCUT2D eigenvalue weighted by Gasteiger charge is 2.28. The summed E-state index contributed by atoms with van der Waals surface area (Å²) in [6, 6.07) is 6.52. The summed E-state index contributed by atoms with van der Waals surface area (Å²) in [4.78, 5) is 4.41. The van der Waals surface area contributed by atoms with E-state index in [2.05, 4.69) is 10.1 Å². The number of nitrogens with zero attached hydrogens (tertiary/aromatic N) is 3. The molecule has 3 rings (SSSR count). The SMILES string of the molecule is CCSc1nn2ccc(C)nc2c1S(=O)(=O)c1ccc(F)cc1. The van der Waals surface area contributed by atoms with Gasteiger partial charge in [0.25, 0.3) is 0 Å². The van der Waals surface area contributed by atoms with Crippen LogP contribution in [0.3, 0.4) is 0 Å². The van der Waals surface area contributed by atoms with Gasteiger partial charge in [-0.05, 0) is 43.0 Å². The molecule has 2 heterocycles. The van der Waals surface area contributed by atoms with Crippen molar-refractivity contribution in [2.24, 2.45) is 0 Å². The lowest BCUT2D eigenvalue weighted by Crippen LogP contribution is -2.04. The van der Waals surface area contributed by atoms with Crippen molar-refractivity contribution >= 4 is 27.2 Å². The van der Waals surface area contributed by atoms with Gasteiger partial charge in [0.05, 0.1) is 4.90 Å². The molecule has 0 aliphatic rings. The van der Waals surface area contributed by atoms with Gasteiger partial charge in [0.1, 0.15) is 10.8 Å². The number of sulfone groups is 1. The zero-order valence-electron chi connectivity index (χ0n) is 12.5. The topological polar surface area (TPSA) is 64.3 Å². The van der Waals surface area contributed by atoms with E-state index in [1.807, 2.05) is 6.92 Å². The summed E-state index contributed by atoms with van der Waals surface area (Å²) >= 11 is 1.33. The predicted molar refractivity (Wildman–Crippen MR) is 86.0 cm³/mol. The molecule has 0 amide bonds. The van der Waals surface area contributed by atoms with E-state index in [1.165, 1.54) is 28.4 Å². The Balaban J connectivity index is 2.30. The normalized spacial score (nSPS) is 12.0.